The number of nitrogens with zero attached hydrogens (tertiary/aromatic N) is 2. The second kappa shape index (κ2) is 4.69. The molecular weight excluding hydrogens is 196 g/mol. The van der Waals surface area contributed by atoms with E-state index < -0.39 is 0 Å². The lowest BCUT2D eigenvalue weighted by molar-refractivity contribution is 0.476. The van der Waals surface area contributed by atoms with Gasteiger partial charge in [-0.15, -0.1) is 0 Å². The molecule has 0 N–H and O–H groups in total. The molecule has 0 saturated heterocycles. The van der Waals surface area contributed by atoms with Gasteiger partial charge < -0.3 is 4.57 Å². The molecule has 0 amide bonds. The van der Waals surface area contributed by atoms with Gasteiger partial charge in [-0.2, -0.15) is 0 Å². The molecule has 2 nitrogen and oxygen atoms in total. The lowest BCUT2D eigenvalue weighted by atomic mass is 10.1. The van der Waals surface area contributed by atoms with Crippen LogP contribution in [0.3, 0.4) is 0 Å². The fourth-order valence-corrected chi connectivity index (χ4v) is 1.93. The van der Waals surface area contributed by atoms with Crippen LogP contribution in [0.15, 0.2) is 24.5 Å². The maximum absolute atomic E-state index is 4.44. The van der Waals surface area contributed by atoms with E-state index in [1.54, 1.807) is 0 Å². The first-order valence-corrected chi connectivity index (χ1v) is 6.18. The number of hydrogen-bond donors (Lipinski definition) is 0. The van der Waals surface area contributed by atoms with Crippen molar-refractivity contribution in [1.29, 1.82) is 0 Å². The molecule has 2 aromatic rings. The molecule has 0 aliphatic heterocycles. The molecule has 0 saturated carbocycles. The summed E-state index contributed by atoms with van der Waals surface area (Å²) < 4.78 is 2.28. The summed E-state index contributed by atoms with van der Waals surface area (Å²) in [5, 5.41) is 0. The first-order valence-electron chi connectivity index (χ1n) is 6.18. The molecule has 0 radical (unpaired) electrons. The molecule has 1 atom stereocenters. The number of benzene rings is 1. The van der Waals surface area contributed by atoms with Gasteiger partial charge in [-0.25, -0.2) is 4.98 Å². The predicted molar refractivity (Wildman–Crippen MR) is 68.6 cm³/mol. The summed E-state index contributed by atoms with van der Waals surface area (Å²) in [5.74, 6) is 0.711. The zero-order chi connectivity index (χ0) is 11.5. The molecule has 0 fully saturated rings. The average molecular weight is 216 g/mol. The minimum absolute atomic E-state index is 0.711. The van der Waals surface area contributed by atoms with Crippen LogP contribution in [0.1, 0.15) is 32.8 Å². The van der Waals surface area contributed by atoms with Crippen LogP contribution in [0.2, 0.25) is 0 Å². The second-order valence-corrected chi connectivity index (χ2v) is 4.59. The van der Waals surface area contributed by atoms with Crippen molar-refractivity contribution in [2.75, 3.05) is 0 Å². The van der Waals surface area contributed by atoms with E-state index in [9.17, 15) is 0 Å². The summed E-state index contributed by atoms with van der Waals surface area (Å²) in [5.41, 5.74) is 3.78. The molecule has 0 spiro atoms. The summed E-state index contributed by atoms with van der Waals surface area (Å²) in [6.07, 6.45) is 4.27. The molecule has 1 unspecified atom stereocenters. The van der Waals surface area contributed by atoms with Crippen LogP contribution in [0, 0.1) is 5.92 Å². The van der Waals surface area contributed by atoms with Gasteiger partial charge in [0.25, 0.3) is 0 Å². The number of fused-ring (bicyclic) bond motifs is 1. The molecular formula is C14H20N2. The summed E-state index contributed by atoms with van der Waals surface area (Å²) >= 11 is 0. The Kier molecular flexibility index (Phi) is 3.28. The zero-order valence-corrected chi connectivity index (χ0v) is 10.4. The van der Waals surface area contributed by atoms with E-state index in [1.165, 1.54) is 17.5 Å². The normalized spacial score (nSPS) is 13.2. The van der Waals surface area contributed by atoms with Gasteiger partial charge in [-0.3, -0.25) is 0 Å². The molecule has 16 heavy (non-hydrogen) atoms. The van der Waals surface area contributed by atoms with Gasteiger partial charge in [0.05, 0.1) is 17.4 Å². The molecule has 2 heteroatoms. The van der Waals surface area contributed by atoms with Gasteiger partial charge in [0.2, 0.25) is 0 Å². The minimum Gasteiger partial charge on any atom is -0.330 e. The van der Waals surface area contributed by atoms with Crippen molar-refractivity contribution in [3.8, 4) is 0 Å². The van der Waals surface area contributed by atoms with Crippen molar-refractivity contribution in [3.63, 3.8) is 0 Å². The Labute approximate surface area is 97.3 Å². The third kappa shape index (κ3) is 2.11. The van der Waals surface area contributed by atoms with Crippen molar-refractivity contribution in [3.05, 3.63) is 30.1 Å². The van der Waals surface area contributed by atoms with E-state index in [0.29, 0.717) is 5.92 Å². The molecule has 0 aliphatic carbocycles. The SMILES string of the molecule is CCc1ccc2ncn(CC(C)CC)c2c1. The molecule has 0 bridgehead atoms. The molecule has 2 rings (SSSR count). The number of aryl methyl sites for hydroxylation is 1. The van der Waals surface area contributed by atoms with Crippen LogP contribution in [0.4, 0.5) is 0 Å². The molecule has 1 heterocycles. The fraction of sp³-hybridized carbons (Fsp3) is 0.500. The van der Waals surface area contributed by atoms with E-state index in [1.807, 2.05) is 6.33 Å². The zero-order valence-electron chi connectivity index (χ0n) is 10.4. The van der Waals surface area contributed by atoms with Crippen LogP contribution in [0.25, 0.3) is 11.0 Å². The van der Waals surface area contributed by atoms with Crippen LogP contribution in [-0.4, -0.2) is 9.55 Å². The fourth-order valence-electron chi connectivity index (χ4n) is 1.93. The Morgan fingerprint density at radius 2 is 2.12 bits per heavy atom. The lowest BCUT2D eigenvalue weighted by Gasteiger charge is -2.10. The topological polar surface area (TPSA) is 17.8 Å². The summed E-state index contributed by atoms with van der Waals surface area (Å²) in [7, 11) is 0. The summed E-state index contributed by atoms with van der Waals surface area (Å²) in [6, 6.07) is 6.56. The lowest BCUT2D eigenvalue weighted by Crippen LogP contribution is -2.05. The highest BCUT2D eigenvalue weighted by Gasteiger charge is 2.06. The van der Waals surface area contributed by atoms with E-state index in [4.69, 9.17) is 0 Å². The van der Waals surface area contributed by atoms with Crippen LogP contribution in [0.5, 0.6) is 0 Å². The quantitative estimate of drug-likeness (QED) is 0.763. The average Bonchev–Trinajstić information content (AvgIpc) is 2.71. The van der Waals surface area contributed by atoms with Crippen molar-refractivity contribution >= 4 is 11.0 Å². The monoisotopic (exact) mass is 216 g/mol. The largest absolute Gasteiger partial charge is 0.330 e. The van der Waals surface area contributed by atoms with Crippen LogP contribution < -0.4 is 0 Å². The molecule has 1 aromatic carbocycles. The molecule has 86 valence electrons. The Balaban J connectivity index is 2.38. The van der Waals surface area contributed by atoms with Crippen molar-refractivity contribution < 1.29 is 0 Å². The van der Waals surface area contributed by atoms with E-state index in [2.05, 4.69) is 48.5 Å². The Hall–Kier alpha value is -1.31. The second-order valence-electron chi connectivity index (χ2n) is 4.59. The number of hydrogen-bond acceptors (Lipinski definition) is 1. The Morgan fingerprint density at radius 3 is 2.81 bits per heavy atom. The molecule has 0 aliphatic rings. The predicted octanol–water partition coefficient (Wildman–Crippen LogP) is 3.64. The summed E-state index contributed by atoms with van der Waals surface area (Å²) in [6.45, 7) is 7.79. The molecule has 1 aromatic heterocycles. The van der Waals surface area contributed by atoms with Crippen molar-refractivity contribution in [2.24, 2.45) is 5.92 Å². The number of imidazole rings is 1. The van der Waals surface area contributed by atoms with Gasteiger partial charge >= 0.3 is 0 Å². The van der Waals surface area contributed by atoms with E-state index in [-0.39, 0.29) is 0 Å². The standard InChI is InChI=1S/C14H20N2/c1-4-11(3)9-16-10-15-13-7-6-12(5-2)8-14(13)16/h6-8,10-11H,4-5,9H2,1-3H3. The highest BCUT2D eigenvalue weighted by Crippen LogP contribution is 2.17. The van der Waals surface area contributed by atoms with Gasteiger partial charge in [0.1, 0.15) is 0 Å². The third-order valence-electron chi connectivity index (χ3n) is 3.30. The maximum Gasteiger partial charge on any atom is 0.0958 e. The minimum atomic E-state index is 0.711. The first kappa shape index (κ1) is 11.2. The number of rotatable bonds is 4. The smallest absolute Gasteiger partial charge is 0.0958 e. The highest BCUT2D eigenvalue weighted by molar-refractivity contribution is 5.76. The van der Waals surface area contributed by atoms with E-state index in [0.717, 1.165) is 18.5 Å². The Bertz CT molecular complexity index is 471. The maximum atomic E-state index is 4.44. The van der Waals surface area contributed by atoms with Gasteiger partial charge in [0, 0.05) is 6.54 Å². The third-order valence-corrected chi connectivity index (χ3v) is 3.30. The van der Waals surface area contributed by atoms with Crippen molar-refractivity contribution in [2.45, 2.75) is 40.2 Å². The van der Waals surface area contributed by atoms with Gasteiger partial charge in [-0.1, -0.05) is 33.3 Å². The summed E-state index contributed by atoms with van der Waals surface area (Å²) in [4.78, 5) is 4.44. The van der Waals surface area contributed by atoms with Gasteiger partial charge in [0.15, 0.2) is 0 Å². The van der Waals surface area contributed by atoms with E-state index >= 15 is 0 Å². The first-order chi connectivity index (χ1) is 7.74. The Morgan fingerprint density at radius 1 is 1.31 bits per heavy atom. The highest BCUT2D eigenvalue weighted by atomic mass is 15.0. The van der Waals surface area contributed by atoms with Gasteiger partial charge in [-0.05, 0) is 30.0 Å². The number of aromatic nitrogens is 2. The van der Waals surface area contributed by atoms with Crippen LogP contribution >= 0.6 is 0 Å². The van der Waals surface area contributed by atoms with Crippen molar-refractivity contribution in [1.82, 2.24) is 9.55 Å². The van der Waals surface area contributed by atoms with Crippen LogP contribution in [-0.2, 0) is 13.0 Å².